The molecule has 13 heavy (non-hydrogen) atoms. The van der Waals surface area contributed by atoms with E-state index in [2.05, 4.69) is 6.58 Å². The Hall–Kier alpha value is -0.790. The van der Waals surface area contributed by atoms with E-state index in [1.165, 1.54) is 6.42 Å². The second-order valence-corrected chi connectivity index (χ2v) is 3.82. The molecule has 1 heterocycles. The van der Waals surface area contributed by atoms with Crippen molar-refractivity contribution >= 4 is 5.91 Å². The number of carbonyl (C=O) groups is 1. The fourth-order valence-corrected chi connectivity index (χ4v) is 1.90. The zero-order chi connectivity index (χ0) is 9.68. The Bertz CT molecular complexity index is 189. The molecule has 2 nitrogen and oxygen atoms in total. The zero-order valence-corrected chi connectivity index (χ0v) is 8.46. The molecule has 1 unspecified atom stereocenters. The first kappa shape index (κ1) is 10.3. The summed E-state index contributed by atoms with van der Waals surface area (Å²) in [5.74, 6) is 0.633. The molecular formula is C11H19NO. The molecule has 0 bridgehead atoms. The summed E-state index contributed by atoms with van der Waals surface area (Å²) in [6.07, 6.45) is 7.36. The van der Waals surface area contributed by atoms with Crippen LogP contribution in [0.4, 0.5) is 0 Å². The van der Waals surface area contributed by atoms with Crippen LogP contribution in [0.15, 0.2) is 12.7 Å². The highest BCUT2D eigenvalue weighted by atomic mass is 16.2. The van der Waals surface area contributed by atoms with E-state index in [4.69, 9.17) is 0 Å². The maximum atomic E-state index is 11.6. The Kier molecular flexibility index (Phi) is 4.00. The number of likely N-dealkylation sites (tertiary alicyclic amines) is 1. The molecule has 1 aliphatic rings. The molecule has 1 fully saturated rings. The molecule has 1 amide bonds. The summed E-state index contributed by atoms with van der Waals surface area (Å²) >= 11 is 0. The van der Waals surface area contributed by atoms with Gasteiger partial charge in [0.05, 0.1) is 0 Å². The molecule has 0 aromatic rings. The third-order valence-electron chi connectivity index (χ3n) is 2.73. The van der Waals surface area contributed by atoms with Crippen molar-refractivity contribution in [1.82, 2.24) is 4.90 Å². The summed E-state index contributed by atoms with van der Waals surface area (Å²) in [5.41, 5.74) is 0. The van der Waals surface area contributed by atoms with Gasteiger partial charge >= 0.3 is 0 Å². The van der Waals surface area contributed by atoms with Crippen LogP contribution in [0, 0.1) is 5.92 Å². The predicted molar refractivity (Wildman–Crippen MR) is 54.4 cm³/mol. The molecule has 0 spiro atoms. The second kappa shape index (κ2) is 5.05. The lowest BCUT2D eigenvalue weighted by atomic mass is 9.92. The van der Waals surface area contributed by atoms with Gasteiger partial charge in [-0.2, -0.15) is 0 Å². The van der Waals surface area contributed by atoms with Crippen LogP contribution in [-0.2, 0) is 4.79 Å². The number of nitrogens with zero attached hydrogens (tertiary/aromatic N) is 1. The van der Waals surface area contributed by atoms with Crippen molar-refractivity contribution in [2.45, 2.75) is 32.1 Å². The van der Waals surface area contributed by atoms with Crippen LogP contribution < -0.4 is 0 Å². The molecule has 74 valence electrons. The minimum absolute atomic E-state index is 0.290. The van der Waals surface area contributed by atoms with Crippen molar-refractivity contribution in [2.24, 2.45) is 5.92 Å². The Balaban J connectivity index is 2.31. The molecule has 2 heteroatoms. The highest BCUT2D eigenvalue weighted by Gasteiger charge is 2.25. The predicted octanol–water partition coefficient (Wildman–Crippen LogP) is 2.21. The summed E-state index contributed by atoms with van der Waals surface area (Å²) in [6.45, 7) is 4.62. The highest BCUT2D eigenvalue weighted by molar-refractivity contribution is 5.79. The van der Waals surface area contributed by atoms with Crippen LogP contribution in [0.2, 0.25) is 0 Å². The summed E-state index contributed by atoms with van der Waals surface area (Å²) in [5, 5.41) is 0. The van der Waals surface area contributed by atoms with E-state index in [9.17, 15) is 4.79 Å². The van der Waals surface area contributed by atoms with Gasteiger partial charge in [0.15, 0.2) is 0 Å². The van der Waals surface area contributed by atoms with E-state index in [0.717, 1.165) is 32.2 Å². The lowest BCUT2D eigenvalue weighted by Gasteiger charge is -2.29. The van der Waals surface area contributed by atoms with E-state index in [1.807, 2.05) is 18.0 Å². The quantitative estimate of drug-likeness (QED) is 0.481. The first-order valence-corrected chi connectivity index (χ1v) is 5.11. The average Bonchev–Trinajstić information content (AvgIpc) is 2.13. The SMILES string of the molecule is C=CCCCC1CCCN(C)C1=O. The summed E-state index contributed by atoms with van der Waals surface area (Å²) in [4.78, 5) is 13.5. The number of amides is 1. The first-order valence-electron chi connectivity index (χ1n) is 5.11. The van der Waals surface area contributed by atoms with E-state index in [-0.39, 0.29) is 0 Å². The second-order valence-electron chi connectivity index (χ2n) is 3.82. The standard InChI is InChI=1S/C11H19NO/c1-3-4-5-7-10-8-6-9-12(2)11(10)13/h3,10H,1,4-9H2,2H3. The highest BCUT2D eigenvalue weighted by Crippen LogP contribution is 2.21. The average molecular weight is 181 g/mol. The number of unbranched alkanes of at least 4 members (excludes halogenated alkanes) is 1. The van der Waals surface area contributed by atoms with E-state index in [1.54, 1.807) is 0 Å². The van der Waals surface area contributed by atoms with Gasteiger partial charge in [0.1, 0.15) is 0 Å². The molecule has 0 N–H and O–H groups in total. The fourth-order valence-electron chi connectivity index (χ4n) is 1.90. The lowest BCUT2D eigenvalue weighted by Crippen LogP contribution is -2.38. The third-order valence-corrected chi connectivity index (χ3v) is 2.73. The molecule has 1 aliphatic heterocycles. The van der Waals surface area contributed by atoms with Crippen molar-refractivity contribution < 1.29 is 4.79 Å². The Labute approximate surface area is 80.6 Å². The van der Waals surface area contributed by atoms with Gasteiger partial charge in [0.25, 0.3) is 0 Å². The van der Waals surface area contributed by atoms with Gasteiger partial charge in [-0.15, -0.1) is 6.58 Å². The first-order chi connectivity index (χ1) is 6.25. The lowest BCUT2D eigenvalue weighted by molar-refractivity contribution is -0.137. The minimum atomic E-state index is 0.290. The van der Waals surface area contributed by atoms with Crippen molar-refractivity contribution in [1.29, 1.82) is 0 Å². The maximum absolute atomic E-state index is 11.6. The molecular weight excluding hydrogens is 162 g/mol. The van der Waals surface area contributed by atoms with E-state index >= 15 is 0 Å². The Morgan fingerprint density at radius 2 is 2.46 bits per heavy atom. The summed E-state index contributed by atoms with van der Waals surface area (Å²) in [7, 11) is 1.90. The van der Waals surface area contributed by atoms with Crippen molar-refractivity contribution in [3.63, 3.8) is 0 Å². The summed E-state index contributed by atoms with van der Waals surface area (Å²) < 4.78 is 0. The number of allylic oxidation sites excluding steroid dienone is 1. The molecule has 1 rings (SSSR count). The molecule has 1 saturated heterocycles. The molecule has 0 radical (unpaired) electrons. The van der Waals surface area contributed by atoms with E-state index < -0.39 is 0 Å². The van der Waals surface area contributed by atoms with E-state index in [0.29, 0.717) is 11.8 Å². The van der Waals surface area contributed by atoms with Gasteiger partial charge in [0.2, 0.25) is 5.91 Å². The van der Waals surface area contributed by atoms with Gasteiger partial charge in [-0.05, 0) is 32.1 Å². The zero-order valence-electron chi connectivity index (χ0n) is 8.46. The molecule has 0 saturated carbocycles. The Morgan fingerprint density at radius 3 is 3.15 bits per heavy atom. The van der Waals surface area contributed by atoms with Crippen molar-refractivity contribution in [2.75, 3.05) is 13.6 Å². The van der Waals surface area contributed by atoms with Gasteiger partial charge in [-0.1, -0.05) is 6.08 Å². The smallest absolute Gasteiger partial charge is 0.225 e. The molecule has 0 aromatic carbocycles. The maximum Gasteiger partial charge on any atom is 0.225 e. The number of rotatable bonds is 4. The van der Waals surface area contributed by atoms with Crippen LogP contribution >= 0.6 is 0 Å². The van der Waals surface area contributed by atoms with Crippen LogP contribution in [0.25, 0.3) is 0 Å². The number of hydrogen-bond acceptors (Lipinski definition) is 1. The van der Waals surface area contributed by atoms with Crippen molar-refractivity contribution in [3.8, 4) is 0 Å². The van der Waals surface area contributed by atoms with Crippen LogP contribution in [0.1, 0.15) is 32.1 Å². The molecule has 0 aliphatic carbocycles. The number of hydrogen-bond donors (Lipinski definition) is 0. The largest absolute Gasteiger partial charge is 0.346 e. The van der Waals surface area contributed by atoms with Gasteiger partial charge in [-0.3, -0.25) is 4.79 Å². The normalized spacial score (nSPS) is 23.3. The third kappa shape index (κ3) is 2.87. The van der Waals surface area contributed by atoms with Crippen LogP contribution in [-0.4, -0.2) is 24.4 Å². The fraction of sp³-hybridized carbons (Fsp3) is 0.727. The summed E-state index contributed by atoms with van der Waals surface area (Å²) in [6, 6.07) is 0. The molecule has 1 atom stereocenters. The van der Waals surface area contributed by atoms with Gasteiger partial charge in [0, 0.05) is 19.5 Å². The number of piperidine rings is 1. The minimum Gasteiger partial charge on any atom is -0.346 e. The van der Waals surface area contributed by atoms with Crippen LogP contribution in [0.3, 0.4) is 0 Å². The van der Waals surface area contributed by atoms with Crippen molar-refractivity contribution in [3.05, 3.63) is 12.7 Å². The van der Waals surface area contributed by atoms with Crippen LogP contribution in [0.5, 0.6) is 0 Å². The number of carbonyl (C=O) groups excluding carboxylic acids is 1. The Morgan fingerprint density at radius 1 is 1.69 bits per heavy atom. The molecule has 0 aromatic heterocycles. The topological polar surface area (TPSA) is 20.3 Å². The van der Waals surface area contributed by atoms with Gasteiger partial charge in [-0.25, -0.2) is 0 Å². The monoisotopic (exact) mass is 181 g/mol. The van der Waals surface area contributed by atoms with Gasteiger partial charge < -0.3 is 4.90 Å².